The lowest BCUT2D eigenvalue weighted by molar-refractivity contribution is -0.129. The van der Waals surface area contributed by atoms with Crippen molar-refractivity contribution in [2.45, 2.75) is 50.1 Å². The van der Waals surface area contributed by atoms with Crippen LogP contribution in [0.15, 0.2) is 31.1 Å². The first-order valence-electron chi connectivity index (χ1n) is 8.94. The van der Waals surface area contributed by atoms with Crippen molar-refractivity contribution in [3.8, 4) is 0 Å². The summed E-state index contributed by atoms with van der Waals surface area (Å²) in [6.07, 6.45) is 6.32. The maximum absolute atomic E-state index is 13.6. The van der Waals surface area contributed by atoms with Gasteiger partial charge in [-0.2, -0.15) is 0 Å². The molecule has 1 aliphatic heterocycles. The molecule has 26 heavy (non-hydrogen) atoms. The number of likely N-dealkylation sites (tertiary alicyclic amines) is 1. The summed E-state index contributed by atoms with van der Waals surface area (Å²) >= 11 is 0. The van der Waals surface area contributed by atoms with Gasteiger partial charge in [0.05, 0.1) is 5.92 Å². The lowest BCUT2D eigenvalue weighted by Gasteiger charge is -2.38. The van der Waals surface area contributed by atoms with Gasteiger partial charge in [0.15, 0.2) is 0 Å². The number of fused-ring (bicyclic) bond motifs is 1. The molecule has 4 rings (SSSR count). The van der Waals surface area contributed by atoms with Crippen LogP contribution in [-0.4, -0.2) is 45.3 Å². The Morgan fingerprint density at radius 2 is 2.27 bits per heavy atom. The van der Waals surface area contributed by atoms with Gasteiger partial charge in [-0.05, 0) is 37.5 Å². The van der Waals surface area contributed by atoms with Crippen molar-refractivity contribution in [1.82, 2.24) is 14.9 Å². The number of pyridine rings is 1. The Kier molecular flexibility index (Phi) is 3.97. The molecule has 3 atom stereocenters. The highest BCUT2D eigenvalue weighted by Crippen LogP contribution is 2.57. The number of aromatic amines is 1. The maximum Gasteiger partial charge on any atom is 0.256 e. The molecular formula is C19H22F2N4O. The van der Waals surface area contributed by atoms with Crippen LogP contribution < -0.4 is 5.32 Å². The van der Waals surface area contributed by atoms with Crippen LogP contribution in [0.25, 0.3) is 11.0 Å². The van der Waals surface area contributed by atoms with E-state index in [0.29, 0.717) is 17.8 Å². The number of anilines is 1. The number of alkyl halides is 2. The number of nitrogens with zero attached hydrogens (tertiary/aromatic N) is 2. The number of hydrogen-bond donors (Lipinski definition) is 2. The van der Waals surface area contributed by atoms with Crippen molar-refractivity contribution < 1.29 is 13.6 Å². The lowest BCUT2D eigenvalue weighted by atomic mass is 9.98. The third-order valence-corrected chi connectivity index (χ3v) is 5.50. The summed E-state index contributed by atoms with van der Waals surface area (Å²) in [5.41, 5.74) is 2.01. The Balaban J connectivity index is 1.60. The fourth-order valence-electron chi connectivity index (χ4n) is 3.90. The second-order valence-corrected chi connectivity index (χ2v) is 7.31. The van der Waals surface area contributed by atoms with Crippen LogP contribution in [-0.2, 0) is 4.79 Å². The Hall–Kier alpha value is -2.44. The van der Waals surface area contributed by atoms with Crippen LogP contribution in [0.4, 0.5) is 14.5 Å². The molecule has 7 heteroatoms. The molecule has 5 nitrogen and oxygen atoms in total. The molecule has 0 spiro atoms. The number of amides is 1. The molecule has 1 aliphatic carbocycles. The fraction of sp³-hybridized carbons (Fsp3) is 0.474. The highest BCUT2D eigenvalue weighted by atomic mass is 19.3. The predicted octanol–water partition coefficient (Wildman–Crippen LogP) is 3.66. The van der Waals surface area contributed by atoms with Gasteiger partial charge in [-0.25, -0.2) is 13.8 Å². The van der Waals surface area contributed by atoms with Crippen molar-refractivity contribution in [3.05, 3.63) is 36.7 Å². The average Bonchev–Trinajstić information content (AvgIpc) is 3.05. The van der Waals surface area contributed by atoms with Crippen LogP contribution in [0.3, 0.4) is 0 Å². The van der Waals surface area contributed by atoms with E-state index in [1.807, 2.05) is 13.0 Å². The summed E-state index contributed by atoms with van der Waals surface area (Å²) in [4.78, 5) is 21.1. The first kappa shape index (κ1) is 17.0. The topological polar surface area (TPSA) is 61.0 Å². The van der Waals surface area contributed by atoms with Gasteiger partial charge in [0, 0.05) is 48.5 Å². The van der Waals surface area contributed by atoms with Crippen LogP contribution >= 0.6 is 0 Å². The van der Waals surface area contributed by atoms with Crippen molar-refractivity contribution in [1.29, 1.82) is 0 Å². The van der Waals surface area contributed by atoms with Crippen LogP contribution in [0.1, 0.15) is 37.7 Å². The number of piperidine rings is 1. The number of carbonyl (C=O) groups is 1. The zero-order valence-corrected chi connectivity index (χ0v) is 14.6. The van der Waals surface area contributed by atoms with E-state index in [9.17, 15) is 13.6 Å². The number of aromatic nitrogens is 2. The van der Waals surface area contributed by atoms with Gasteiger partial charge in [-0.15, -0.1) is 0 Å². The minimum absolute atomic E-state index is 0.0585. The fourth-order valence-corrected chi connectivity index (χ4v) is 3.90. The zero-order chi connectivity index (χ0) is 18.5. The highest BCUT2D eigenvalue weighted by Gasteiger charge is 2.58. The Morgan fingerprint density at radius 3 is 2.96 bits per heavy atom. The molecule has 0 aromatic carbocycles. The van der Waals surface area contributed by atoms with E-state index in [0.717, 1.165) is 23.9 Å². The molecule has 2 fully saturated rings. The van der Waals surface area contributed by atoms with Crippen molar-refractivity contribution >= 4 is 22.6 Å². The van der Waals surface area contributed by atoms with Gasteiger partial charge in [0.2, 0.25) is 5.91 Å². The summed E-state index contributed by atoms with van der Waals surface area (Å²) in [7, 11) is 0. The predicted molar refractivity (Wildman–Crippen MR) is 96.4 cm³/mol. The third kappa shape index (κ3) is 2.85. The molecule has 1 amide bonds. The second-order valence-electron chi connectivity index (χ2n) is 7.31. The van der Waals surface area contributed by atoms with E-state index in [1.165, 1.54) is 6.08 Å². The molecule has 0 bridgehead atoms. The largest absolute Gasteiger partial charge is 0.380 e. The lowest BCUT2D eigenvalue weighted by Crippen LogP contribution is -2.49. The zero-order valence-electron chi connectivity index (χ0n) is 14.6. The quantitative estimate of drug-likeness (QED) is 0.818. The third-order valence-electron chi connectivity index (χ3n) is 5.50. The monoisotopic (exact) mass is 360 g/mol. The minimum atomic E-state index is -2.63. The Morgan fingerprint density at radius 1 is 1.50 bits per heavy atom. The second kappa shape index (κ2) is 6.07. The number of carbonyl (C=O) groups excluding carboxylic acids is 1. The van der Waals surface area contributed by atoms with Crippen molar-refractivity contribution in [2.24, 2.45) is 0 Å². The molecule has 2 aromatic heterocycles. The highest BCUT2D eigenvalue weighted by molar-refractivity contribution is 5.93. The Labute approximate surface area is 150 Å². The molecule has 138 valence electrons. The number of hydrogen-bond acceptors (Lipinski definition) is 3. The summed E-state index contributed by atoms with van der Waals surface area (Å²) in [6.45, 7) is 6.16. The number of rotatable bonds is 4. The summed E-state index contributed by atoms with van der Waals surface area (Å²) in [5, 5.41) is 4.19. The molecule has 0 radical (unpaired) electrons. The van der Waals surface area contributed by atoms with Gasteiger partial charge < -0.3 is 15.2 Å². The molecule has 1 unspecified atom stereocenters. The molecule has 2 aliphatic rings. The molecule has 2 aromatic rings. The molecule has 3 heterocycles. The number of H-pyrrole nitrogens is 1. The molecule has 2 N–H and O–H groups in total. The van der Waals surface area contributed by atoms with E-state index in [2.05, 4.69) is 21.9 Å². The maximum atomic E-state index is 13.6. The minimum Gasteiger partial charge on any atom is -0.380 e. The average molecular weight is 360 g/mol. The van der Waals surface area contributed by atoms with Crippen molar-refractivity contribution in [3.63, 3.8) is 0 Å². The normalized spacial score (nSPS) is 27.3. The van der Waals surface area contributed by atoms with Gasteiger partial charge >= 0.3 is 0 Å². The first-order chi connectivity index (χ1) is 12.4. The van der Waals surface area contributed by atoms with E-state index in [4.69, 9.17) is 0 Å². The number of halogens is 2. The van der Waals surface area contributed by atoms with E-state index in [1.54, 1.807) is 17.3 Å². The smallest absolute Gasteiger partial charge is 0.256 e. The first-order valence-corrected chi connectivity index (χ1v) is 8.94. The standard InChI is InChI=1S/C19H22F2N4O/c1-3-16(26)25-10-12(5-4-11(25)2)24-15-6-7-22-18-17(15)13(9-23-18)14-8-19(14,20)21/h3,6-7,9,11-12,14H,1,4-5,8,10H2,2H3,(H2,22,23,24)/t11-,12+,14?/m0/s1. The Bertz CT molecular complexity index is 862. The van der Waals surface area contributed by atoms with Crippen molar-refractivity contribution in [2.75, 3.05) is 11.9 Å². The van der Waals surface area contributed by atoms with Gasteiger partial charge in [-0.3, -0.25) is 4.79 Å². The van der Waals surface area contributed by atoms with Gasteiger partial charge in [0.25, 0.3) is 5.92 Å². The summed E-state index contributed by atoms with van der Waals surface area (Å²) < 4.78 is 27.2. The summed E-state index contributed by atoms with van der Waals surface area (Å²) in [6, 6.07) is 2.05. The van der Waals surface area contributed by atoms with Gasteiger partial charge in [0.1, 0.15) is 5.65 Å². The molecular weight excluding hydrogens is 338 g/mol. The SMILES string of the molecule is C=CC(=O)N1C[C@H](Nc2ccnc3[nH]cc(C4CC4(F)F)c23)CC[C@@H]1C. The van der Waals surface area contributed by atoms with Crippen LogP contribution in [0.2, 0.25) is 0 Å². The van der Waals surface area contributed by atoms with E-state index in [-0.39, 0.29) is 24.4 Å². The van der Waals surface area contributed by atoms with Crippen LogP contribution in [0, 0.1) is 0 Å². The van der Waals surface area contributed by atoms with Crippen LogP contribution in [0.5, 0.6) is 0 Å². The molecule has 1 saturated carbocycles. The van der Waals surface area contributed by atoms with Gasteiger partial charge in [-0.1, -0.05) is 6.58 Å². The number of nitrogens with one attached hydrogen (secondary N) is 2. The van der Waals surface area contributed by atoms with E-state index < -0.39 is 11.8 Å². The van der Waals surface area contributed by atoms with E-state index >= 15 is 0 Å². The summed E-state index contributed by atoms with van der Waals surface area (Å²) in [5.74, 6) is -3.45. The molecule has 1 saturated heterocycles.